The van der Waals surface area contributed by atoms with E-state index in [9.17, 15) is 14.4 Å². The summed E-state index contributed by atoms with van der Waals surface area (Å²) in [4.78, 5) is 31.4. The van der Waals surface area contributed by atoms with Crippen LogP contribution in [0.15, 0.2) is 0 Å². The Morgan fingerprint density at radius 2 is 1.92 bits per heavy atom. The molecule has 1 amide bonds. The molecule has 0 bridgehead atoms. The monoisotopic (exact) mass is 173 g/mol. The van der Waals surface area contributed by atoms with Gasteiger partial charge in [0.1, 0.15) is 12.0 Å². The maximum atomic E-state index is 10.8. The zero-order valence-electron chi connectivity index (χ0n) is 5.98. The van der Waals surface area contributed by atoms with Crippen LogP contribution in [0.4, 0.5) is 0 Å². The van der Waals surface area contributed by atoms with Crippen molar-refractivity contribution in [3.63, 3.8) is 0 Å². The Hall–Kier alpha value is -1.59. The Morgan fingerprint density at radius 1 is 1.33 bits per heavy atom. The summed E-state index contributed by atoms with van der Waals surface area (Å²) in [5, 5.41) is 18.9. The predicted molar refractivity (Wildman–Crippen MR) is 35.3 cm³/mol. The minimum absolute atomic E-state index is 0.177. The summed E-state index contributed by atoms with van der Waals surface area (Å²) in [5.74, 6) is -4.43. The molecule has 1 heterocycles. The zero-order valence-corrected chi connectivity index (χ0v) is 5.98. The van der Waals surface area contributed by atoms with Gasteiger partial charge in [-0.05, 0) is 0 Å². The first-order valence-electron chi connectivity index (χ1n) is 3.28. The van der Waals surface area contributed by atoms with Gasteiger partial charge in [0, 0.05) is 6.42 Å². The summed E-state index contributed by atoms with van der Waals surface area (Å²) >= 11 is 0. The maximum absolute atomic E-state index is 10.8. The number of carbonyl (C=O) groups is 3. The van der Waals surface area contributed by atoms with Crippen molar-refractivity contribution in [2.45, 2.75) is 12.5 Å². The van der Waals surface area contributed by atoms with Crippen molar-refractivity contribution in [2.75, 3.05) is 0 Å². The molecule has 1 aliphatic rings. The van der Waals surface area contributed by atoms with Crippen LogP contribution in [0, 0.1) is 5.92 Å². The highest BCUT2D eigenvalue weighted by molar-refractivity contribution is 6.01. The van der Waals surface area contributed by atoms with Gasteiger partial charge in [-0.3, -0.25) is 9.59 Å². The Morgan fingerprint density at radius 3 is 2.17 bits per heavy atom. The van der Waals surface area contributed by atoms with Crippen LogP contribution in [0.5, 0.6) is 0 Å². The summed E-state index contributed by atoms with van der Waals surface area (Å²) in [7, 11) is 0. The topological polar surface area (TPSA) is 104 Å². The highest BCUT2D eigenvalue weighted by Crippen LogP contribution is 2.15. The largest absolute Gasteiger partial charge is 0.481 e. The molecule has 0 saturated carbocycles. The molecule has 0 spiro atoms. The summed E-state index contributed by atoms with van der Waals surface area (Å²) in [5.41, 5.74) is 0. The van der Waals surface area contributed by atoms with Gasteiger partial charge >= 0.3 is 11.9 Å². The van der Waals surface area contributed by atoms with Crippen LogP contribution in [0.25, 0.3) is 0 Å². The van der Waals surface area contributed by atoms with Crippen LogP contribution in [0.3, 0.4) is 0 Å². The summed E-state index contributed by atoms with van der Waals surface area (Å²) < 4.78 is 0. The molecule has 0 aromatic carbocycles. The quantitative estimate of drug-likeness (QED) is 0.448. The van der Waals surface area contributed by atoms with E-state index in [4.69, 9.17) is 10.2 Å². The number of nitrogens with one attached hydrogen (secondary N) is 1. The zero-order chi connectivity index (χ0) is 9.30. The fourth-order valence-corrected chi connectivity index (χ4v) is 1.05. The predicted octanol–water partition coefficient (Wildman–Crippen LogP) is -1.34. The first-order chi connectivity index (χ1) is 5.52. The van der Waals surface area contributed by atoms with E-state index in [0.717, 1.165) is 0 Å². The Balaban J connectivity index is 2.68. The van der Waals surface area contributed by atoms with E-state index in [1.54, 1.807) is 0 Å². The Bertz CT molecular complexity index is 248. The molecular formula is C6H7NO5. The number of rotatable bonds is 2. The molecule has 0 aliphatic carbocycles. The number of carboxylic acid groups (broad SMARTS) is 2. The van der Waals surface area contributed by atoms with E-state index < -0.39 is 29.8 Å². The van der Waals surface area contributed by atoms with Gasteiger partial charge in [0.15, 0.2) is 0 Å². The van der Waals surface area contributed by atoms with Gasteiger partial charge in [-0.1, -0.05) is 0 Å². The third-order valence-electron chi connectivity index (χ3n) is 1.70. The molecule has 6 heteroatoms. The third kappa shape index (κ3) is 1.36. The van der Waals surface area contributed by atoms with Crippen LogP contribution >= 0.6 is 0 Å². The Kier molecular flexibility index (Phi) is 1.99. The average Bonchev–Trinajstić information content (AvgIpc) is 2.30. The molecule has 3 N–H and O–H groups in total. The molecule has 2 unspecified atom stereocenters. The molecule has 1 rings (SSSR count). The van der Waals surface area contributed by atoms with Crippen molar-refractivity contribution in [3.05, 3.63) is 0 Å². The summed E-state index contributed by atoms with van der Waals surface area (Å²) in [6, 6.07) is -1.06. The molecule has 1 aliphatic heterocycles. The van der Waals surface area contributed by atoms with Gasteiger partial charge in [-0.2, -0.15) is 0 Å². The second kappa shape index (κ2) is 2.80. The highest BCUT2D eigenvalue weighted by atomic mass is 16.4. The van der Waals surface area contributed by atoms with E-state index >= 15 is 0 Å². The van der Waals surface area contributed by atoms with Crippen LogP contribution < -0.4 is 5.32 Å². The minimum Gasteiger partial charge on any atom is -0.481 e. The number of hydrogen-bond acceptors (Lipinski definition) is 3. The van der Waals surface area contributed by atoms with Gasteiger partial charge in [0.05, 0.1) is 0 Å². The molecule has 1 fully saturated rings. The van der Waals surface area contributed by atoms with Crippen LogP contribution in [0.1, 0.15) is 6.42 Å². The third-order valence-corrected chi connectivity index (χ3v) is 1.70. The molecule has 0 radical (unpaired) electrons. The lowest BCUT2D eigenvalue weighted by atomic mass is 10.1. The van der Waals surface area contributed by atoms with Crippen LogP contribution in [-0.2, 0) is 14.4 Å². The number of hydrogen-bond donors (Lipinski definition) is 3. The minimum atomic E-state index is -1.28. The number of aliphatic carboxylic acids is 2. The van der Waals surface area contributed by atoms with Gasteiger partial charge in [-0.15, -0.1) is 0 Å². The van der Waals surface area contributed by atoms with Gasteiger partial charge in [0.25, 0.3) is 0 Å². The fourth-order valence-electron chi connectivity index (χ4n) is 1.05. The van der Waals surface area contributed by atoms with E-state index in [0.29, 0.717) is 0 Å². The molecule has 0 aromatic heterocycles. The number of carbonyl (C=O) groups excluding carboxylic acids is 1. The molecule has 12 heavy (non-hydrogen) atoms. The first-order valence-corrected chi connectivity index (χ1v) is 3.28. The van der Waals surface area contributed by atoms with E-state index in [-0.39, 0.29) is 6.42 Å². The van der Waals surface area contributed by atoms with E-state index in [1.165, 1.54) is 0 Å². The van der Waals surface area contributed by atoms with Crippen molar-refractivity contribution < 1.29 is 24.6 Å². The summed E-state index contributed by atoms with van der Waals surface area (Å²) in [6.45, 7) is 0. The molecule has 66 valence electrons. The van der Waals surface area contributed by atoms with E-state index in [2.05, 4.69) is 5.32 Å². The van der Waals surface area contributed by atoms with Gasteiger partial charge < -0.3 is 15.5 Å². The lowest BCUT2D eigenvalue weighted by Crippen LogP contribution is -2.33. The highest BCUT2D eigenvalue weighted by Gasteiger charge is 2.40. The molecule has 2 atom stereocenters. The first kappa shape index (κ1) is 8.51. The normalized spacial score (nSPS) is 28.2. The molecule has 1 saturated heterocycles. The summed E-state index contributed by atoms with van der Waals surface area (Å²) in [6.07, 6.45) is -0.177. The van der Waals surface area contributed by atoms with E-state index in [1.807, 2.05) is 0 Å². The van der Waals surface area contributed by atoms with Gasteiger partial charge in [0.2, 0.25) is 5.91 Å². The maximum Gasteiger partial charge on any atom is 0.326 e. The Labute approximate surface area is 67.2 Å². The molecular weight excluding hydrogens is 166 g/mol. The fraction of sp³-hybridized carbons (Fsp3) is 0.500. The van der Waals surface area contributed by atoms with Crippen molar-refractivity contribution in [1.29, 1.82) is 0 Å². The van der Waals surface area contributed by atoms with Crippen LogP contribution in [-0.4, -0.2) is 34.1 Å². The molecule has 6 nitrogen and oxygen atoms in total. The second-order valence-corrected chi connectivity index (χ2v) is 2.53. The van der Waals surface area contributed by atoms with Crippen molar-refractivity contribution >= 4 is 17.8 Å². The molecule has 0 aromatic rings. The lowest BCUT2D eigenvalue weighted by molar-refractivity contribution is -0.145. The van der Waals surface area contributed by atoms with Crippen molar-refractivity contribution in [3.8, 4) is 0 Å². The lowest BCUT2D eigenvalue weighted by Gasteiger charge is -1.99. The van der Waals surface area contributed by atoms with Crippen molar-refractivity contribution in [2.24, 2.45) is 5.92 Å². The number of carboxylic acids is 2. The van der Waals surface area contributed by atoms with Crippen molar-refractivity contribution in [1.82, 2.24) is 5.32 Å². The van der Waals surface area contributed by atoms with Crippen LogP contribution in [0.2, 0.25) is 0 Å². The number of amides is 1. The second-order valence-electron chi connectivity index (χ2n) is 2.53. The standard InChI is InChI=1S/C6H7NO5/c8-4-2(5(9)10)1-3(7-4)6(11)12/h2-3H,1H2,(H,7,8)(H,9,10)(H,11,12). The SMILES string of the molecule is O=C(O)C1CC(C(=O)O)C(=O)N1. The smallest absolute Gasteiger partial charge is 0.326 e. The average molecular weight is 173 g/mol. The van der Waals surface area contributed by atoms with Gasteiger partial charge in [-0.25, -0.2) is 4.79 Å².